The Balaban J connectivity index is 2.60. The van der Waals surface area contributed by atoms with Crippen molar-refractivity contribution >= 4 is 11.9 Å². The minimum absolute atomic E-state index is 0.0485. The van der Waals surface area contributed by atoms with Crippen molar-refractivity contribution in [2.45, 2.75) is 38.7 Å². The Labute approximate surface area is 125 Å². The second-order valence-corrected chi connectivity index (χ2v) is 5.45. The van der Waals surface area contributed by atoms with Gasteiger partial charge in [-0.25, -0.2) is 0 Å². The highest BCUT2D eigenvalue weighted by Crippen LogP contribution is 2.23. The zero-order valence-corrected chi connectivity index (χ0v) is 12.8. The fourth-order valence-corrected chi connectivity index (χ4v) is 1.86. The molecule has 0 bridgehead atoms. The third-order valence-electron chi connectivity index (χ3n) is 3.30. The number of hydrogen-bond acceptors (Lipinski definition) is 3. The number of carboxylic acids is 1. The van der Waals surface area contributed by atoms with E-state index < -0.39 is 11.4 Å². The summed E-state index contributed by atoms with van der Waals surface area (Å²) in [4.78, 5) is 23.3. The molecule has 0 heterocycles. The molecular weight excluding hydrogens is 270 g/mol. The van der Waals surface area contributed by atoms with Crippen molar-refractivity contribution in [3.05, 3.63) is 35.9 Å². The van der Waals surface area contributed by atoms with E-state index in [2.05, 4.69) is 5.32 Å². The van der Waals surface area contributed by atoms with Gasteiger partial charge in [-0.2, -0.15) is 0 Å². The lowest BCUT2D eigenvalue weighted by Gasteiger charge is -2.25. The van der Waals surface area contributed by atoms with E-state index in [4.69, 9.17) is 4.74 Å². The minimum atomic E-state index is -1.14. The van der Waals surface area contributed by atoms with Crippen LogP contribution in [0.5, 0.6) is 0 Å². The SMILES string of the molecule is CC(C)OCCC(=O)NCC(C)(C(=O)O)c1ccccc1. The van der Waals surface area contributed by atoms with Crippen molar-refractivity contribution in [1.82, 2.24) is 5.32 Å². The average Bonchev–Trinajstić information content (AvgIpc) is 2.45. The zero-order valence-electron chi connectivity index (χ0n) is 12.8. The van der Waals surface area contributed by atoms with E-state index in [1.807, 2.05) is 19.9 Å². The van der Waals surface area contributed by atoms with Crippen LogP contribution in [0.25, 0.3) is 0 Å². The molecule has 1 unspecified atom stereocenters. The van der Waals surface area contributed by atoms with E-state index in [1.165, 1.54) is 0 Å². The number of carbonyl (C=O) groups excluding carboxylic acids is 1. The Hall–Kier alpha value is -1.88. The molecule has 1 amide bonds. The first-order valence-electron chi connectivity index (χ1n) is 7.03. The Kier molecular flexibility index (Phi) is 6.37. The van der Waals surface area contributed by atoms with Crippen LogP contribution in [-0.4, -0.2) is 36.2 Å². The van der Waals surface area contributed by atoms with Crippen LogP contribution in [0, 0.1) is 0 Å². The second kappa shape index (κ2) is 7.78. The summed E-state index contributed by atoms with van der Waals surface area (Å²) in [6.07, 6.45) is 0.300. The lowest BCUT2D eigenvalue weighted by atomic mass is 9.82. The van der Waals surface area contributed by atoms with Crippen LogP contribution in [0.2, 0.25) is 0 Å². The van der Waals surface area contributed by atoms with E-state index in [1.54, 1.807) is 31.2 Å². The van der Waals surface area contributed by atoms with Gasteiger partial charge < -0.3 is 15.2 Å². The van der Waals surface area contributed by atoms with Gasteiger partial charge in [0, 0.05) is 13.0 Å². The summed E-state index contributed by atoms with van der Waals surface area (Å²) in [5.74, 6) is -1.17. The van der Waals surface area contributed by atoms with Crippen molar-refractivity contribution < 1.29 is 19.4 Å². The maximum atomic E-state index is 11.7. The molecule has 21 heavy (non-hydrogen) atoms. The Bertz CT molecular complexity index is 472. The summed E-state index contributed by atoms with van der Waals surface area (Å²) < 4.78 is 5.30. The van der Waals surface area contributed by atoms with E-state index in [0.29, 0.717) is 12.2 Å². The van der Waals surface area contributed by atoms with Crippen LogP contribution in [0.4, 0.5) is 0 Å². The fraction of sp³-hybridized carbons (Fsp3) is 0.500. The quantitative estimate of drug-likeness (QED) is 0.768. The second-order valence-electron chi connectivity index (χ2n) is 5.45. The van der Waals surface area contributed by atoms with Gasteiger partial charge in [-0.1, -0.05) is 30.3 Å². The number of nitrogens with one attached hydrogen (secondary N) is 1. The number of ether oxygens (including phenoxy) is 1. The maximum absolute atomic E-state index is 11.7. The van der Waals surface area contributed by atoms with Gasteiger partial charge in [0.15, 0.2) is 0 Å². The highest BCUT2D eigenvalue weighted by Gasteiger charge is 2.35. The minimum Gasteiger partial charge on any atom is -0.481 e. The summed E-state index contributed by atoms with van der Waals surface area (Å²) in [5, 5.41) is 12.1. The van der Waals surface area contributed by atoms with E-state index in [0.717, 1.165) is 0 Å². The highest BCUT2D eigenvalue weighted by molar-refractivity contribution is 5.83. The zero-order chi connectivity index (χ0) is 15.9. The van der Waals surface area contributed by atoms with E-state index in [9.17, 15) is 14.7 Å². The third-order valence-corrected chi connectivity index (χ3v) is 3.30. The van der Waals surface area contributed by atoms with Gasteiger partial charge in [-0.3, -0.25) is 9.59 Å². The molecule has 1 rings (SSSR count). The van der Waals surface area contributed by atoms with Gasteiger partial charge >= 0.3 is 5.97 Å². The predicted molar refractivity (Wildman–Crippen MR) is 80.1 cm³/mol. The molecule has 5 heteroatoms. The molecular formula is C16H23NO4. The molecule has 0 saturated heterocycles. The number of aliphatic carboxylic acids is 1. The summed E-state index contributed by atoms with van der Waals surface area (Å²) >= 11 is 0. The maximum Gasteiger partial charge on any atom is 0.315 e. The number of rotatable bonds is 8. The first-order chi connectivity index (χ1) is 9.86. The van der Waals surface area contributed by atoms with Crippen LogP contribution in [0.3, 0.4) is 0 Å². The Morgan fingerprint density at radius 3 is 2.43 bits per heavy atom. The van der Waals surface area contributed by atoms with Crippen LogP contribution >= 0.6 is 0 Å². The van der Waals surface area contributed by atoms with Crippen LogP contribution in [0.15, 0.2) is 30.3 Å². The molecule has 5 nitrogen and oxygen atoms in total. The largest absolute Gasteiger partial charge is 0.481 e. The average molecular weight is 293 g/mol. The summed E-state index contributed by atoms with van der Waals surface area (Å²) in [6.45, 7) is 5.78. The molecule has 0 aliphatic heterocycles. The first kappa shape index (κ1) is 17.2. The molecule has 1 atom stereocenters. The molecule has 0 saturated carbocycles. The molecule has 1 aromatic carbocycles. The number of benzene rings is 1. The van der Waals surface area contributed by atoms with Crippen molar-refractivity contribution in [1.29, 1.82) is 0 Å². The smallest absolute Gasteiger partial charge is 0.315 e. The van der Waals surface area contributed by atoms with Crippen molar-refractivity contribution in [2.75, 3.05) is 13.2 Å². The molecule has 2 N–H and O–H groups in total. The molecule has 0 radical (unpaired) electrons. The van der Waals surface area contributed by atoms with Gasteiger partial charge in [0.25, 0.3) is 0 Å². The third kappa shape index (κ3) is 5.19. The summed E-state index contributed by atoms with van der Waals surface area (Å²) in [7, 11) is 0. The van der Waals surface area contributed by atoms with Gasteiger partial charge in [-0.05, 0) is 26.3 Å². The number of carboxylic acid groups (broad SMARTS) is 1. The monoisotopic (exact) mass is 293 g/mol. The summed E-state index contributed by atoms with van der Waals surface area (Å²) in [6, 6.07) is 8.90. The van der Waals surface area contributed by atoms with Crippen molar-refractivity contribution in [3.63, 3.8) is 0 Å². The molecule has 0 spiro atoms. The Morgan fingerprint density at radius 2 is 1.90 bits per heavy atom. The van der Waals surface area contributed by atoms with Crippen LogP contribution < -0.4 is 5.32 Å². The van der Waals surface area contributed by atoms with Crippen molar-refractivity contribution in [3.8, 4) is 0 Å². The molecule has 116 valence electrons. The lowest BCUT2D eigenvalue weighted by Crippen LogP contribution is -2.44. The predicted octanol–water partition coefficient (Wildman–Crippen LogP) is 1.96. The number of amides is 1. The topological polar surface area (TPSA) is 75.6 Å². The molecule has 0 aromatic heterocycles. The van der Waals surface area contributed by atoms with Gasteiger partial charge in [0.1, 0.15) is 5.41 Å². The Morgan fingerprint density at radius 1 is 1.29 bits per heavy atom. The molecule has 0 aliphatic rings. The number of hydrogen-bond donors (Lipinski definition) is 2. The van der Waals surface area contributed by atoms with Gasteiger partial charge in [-0.15, -0.1) is 0 Å². The molecule has 0 fully saturated rings. The van der Waals surface area contributed by atoms with Gasteiger partial charge in [0.2, 0.25) is 5.91 Å². The molecule has 0 aliphatic carbocycles. The number of carbonyl (C=O) groups is 2. The van der Waals surface area contributed by atoms with Crippen LogP contribution in [0.1, 0.15) is 32.8 Å². The van der Waals surface area contributed by atoms with Gasteiger partial charge in [0.05, 0.1) is 12.7 Å². The van der Waals surface area contributed by atoms with E-state index >= 15 is 0 Å². The summed E-state index contributed by atoms with van der Waals surface area (Å²) in [5.41, 5.74) is -0.480. The standard InChI is InChI=1S/C16H23NO4/c1-12(2)21-10-9-14(18)17-11-16(3,15(19)20)13-7-5-4-6-8-13/h4-8,12H,9-11H2,1-3H3,(H,17,18)(H,19,20). The van der Waals surface area contributed by atoms with Crippen LogP contribution in [-0.2, 0) is 19.7 Å². The fourth-order valence-electron chi connectivity index (χ4n) is 1.86. The highest BCUT2D eigenvalue weighted by atomic mass is 16.5. The van der Waals surface area contributed by atoms with Crippen molar-refractivity contribution in [2.24, 2.45) is 0 Å². The van der Waals surface area contributed by atoms with E-state index in [-0.39, 0.29) is 25.0 Å². The first-order valence-corrected chi connectivity index (χ1v) is 7.03. The molecule has 1 aromatic rings. The lowest BCUT2D eigenvalue weighted by molar-refractivity contribution is -0.143. The normalized spacial score (nSPS) is 13.7.